The van der Waals surface area contributed by atoms with Gasteiger partial charge in [-0.15, -0.1) is 0 Å². The zero-order valence-electron chi connectivity index (χ0n) is 18.1. The van der Waals surface area contributed by atoms with Crippen LogP contribution in [0.1, 0.15) is 44.1 Å². The quantitative estimate of drug-likeness (QED) is 0.438. The molecular formula is C23H29Cl2N5OS. The molecule has 2 aliphatic rings. The Bertz CT molecular complexity index is 913. The van der Waals surface area contributed by atoms with E-state index in [1.54, 1.807) is 0 Å². The number of thiocarbonyl (C=S) groups is 1. The highest BCUT2D eigenvalue weighted by Crippen LogP contribution is 2.35. The first-order valence-electron chi connectivity index (χ1n) is 11.2. The molecular weight excluding hydrogens is 465 g/mol. The van der Waals surface area contributed by atoms with E-state index in [0.29, 0.717) is 22.8 Å². The van der Waals surface area contributed by atoms with Gasteiger partial charge in [0.1, 0.15) is 11.0 Å². The molecule has 0 radical (unpaired) electrons. The van der Waals surface area contributed by atoms with E-state index in [0.717, 1.165) is 50.0 Å². The molecule has 0 spiro atoms. The Morgan fingerprint density at radius 2 is 1.72 bits per heavy atom. The van der Waals surface area contributed by atoms with Gasteiger partial charge in [-0.3, -0.25) is 0 Å². The summed E-state index contributed by atoms with van der Waals surface area (Å²) in [6.45, 7) is 4.11. The number of aromatic nitrogens is 2. The molecule has 172 valence electrons. The first-order chi connectivity index (χ1) is 15.5. The van der Waals surface area contributed by atoms with Gasteiger partial charge in [-0.25, -0.2) is 4.98 Å². The third-order valence-corrected chi connectivity index (χ3v) is 7.02. The first-order valence-corrected chi connectivity index (χ1v) is 12.4. The van der Waals surface area contributed by atoms with Crippen LogP contribution in [0.2, 0.25) is 10.2 Å². The minimum absolute atomic E-state index is 0.0685. The summed E-state index contributed by atoms with van der Waals surface area (Å²) in [6, 6.07) is 9.90. The third-order valence-electron chi connectivity index (χ3n) is 6.33. The molecule has 0 unspecified atom stereocenters. The molecule has 4 rings (SSSR count). The normalized spacial score (nSPS) is 18.6. The lowest BCUT2D eigenvalue weighted by molar-refractivity contribution is 0.0515. The summed E-state index contributed by atoms with van der Waals surface area (Å²) < 4.78 is 5.62. The molecule has 1 aromatic heterocycles. The summed E-state index contributed by atoms with van der Waals surface area (Å²) in [6.07, 6.45) is 6.68. The molecule has 6 nitrogen and oxygen atoms in total. The van der Waals surface area contributed by atoms with E-state index < -0.39 is 0 Å². The molecule has 0 atom stereocenters. The van der Waals surface area contributed by atoms with Gasteiger partial charge in [0.05, 0.1) is 0 Å². The Kier molecular flexibility index (Phi) is 8.05. The van der Waals surface area contributed by atoms with Crippen molar-refractivity contribution in [2.24, 2.45) is 0 Å². The van der Waals surface area contributed by atoms with Gasteiger partial charge in [-0.05, 0) is 55.6 Å². The van der Waals surface area contributed by atoms with Gasteiger partial charge in [0.25, 0.3) is 0 Å². The number of halogens is 2. The zero-order valence-corrected chi connectivity index (χ0v) is 20.4. The highest BCUT2D eigenvalue weighted by molar-refractivity contribution is 7.80. The van der Waals surface area contributed by atoms with Crippen molar-refractivity contribution >= 4 is 52.3 Å². The second-order valence-electron chi connectivity index (χ2n) is 8.48. The zero-order chi connectivity index (χ0) is 22.4. The fourth-order valence-corrected chi connectivity index (χ4v) is 4.92. The number of ether oxygens (including phenoxy) is 1. The molecule has 1 aromatic carbocycles. The van der Waals surface area contributed by atoms with E-state index in [9.17, 15) is 0 Å². The molecule has 9 heteroatoms. The molecule has 0 bridgehead atoms. The van der Waals surface area contributed by atoms with Crippen LogP contribution in [-0.4, -0.2) is 47.9 Å². The Morgan fingerprint density at radius 3 is 2.41 bits per heavy atom. The van der Waals surface area contributed by atoms with Crippen LogP contribution >= 0.6 is 35.4 Å². The highest BCUT2D eigenvalue weighted by Gasteiger charge is 2.34. The molecule has 2 aromatic rings. The third kappa shape index (κ3) is 6.01. The fraction of sp³-hybridized carbons (Fsp3) is 0.522. The Hall–Kier alpha value is -1.67. The SMILES string of the molecule is S=C(NCC1(c2ccc(Cl)cc2)CCOCC1)Nc1nc(Cl)cc(N2CCCCCC2)n1. The standard InChI is InChI=1S/C23H29Cl2N5OS/c24-18-7-5-17(6-8-18)23(9-13-31-14-10-23)16-26-22(32)29-21-27-19(25)15-20(28-21)30-11-3-1-2-4-12-30/h5-8,15H,1-4,9-14,16H2,(H2,26,27,28,29,32). The average Bonchev–Trinajstić information content (AvgIpc) is 3.08. The largest absolute Gasteiger partial charge is 0.381 e. The lowest BCUT2D eigenvalue weighted by atomic mass is 9.74. The van der Waals surface area contributed by atoms with Gasteiger partial charge in [0.2, 0.25) is 5.95 Å². The average molecular weight is 494 g/mol. The predicted octanol–water partition coefficient (Wildman–Crippen LogP) is 5.20. The molecule has 0 amide bonds. The van der Waals surface area contributed by atoms with Gasteiger partial charge in [0, 0.05) is 49.4 Å². The summed E-state index contributed by atoms with van der Waals surface area (Å²) in [5.74, 6) is 1.26. The van der Waals surface area contributed by atoms with Crippen LogP contribution < -0.4 is 15.5 Å². The maximum absolute atomic E-state index is 6.30. The topological polar surface area (TPSA) is 62.3 Å². The van der Waals surface area contributed by atoms with E-state index >= 15 is 0 Å². The van der Waals surface area contributed by atoms with Crippen LogP contribution in [0.15, 0.2) is 30.3 Å². The van der Waals surface area contributed by atoms with Gasteiger partial charge < -0.3 is 20.3 Å². The minimum atomic E-state index is -0.0685. The van der Waals surface area contributed by atoms with Crippen LogP contribution in [-0.2, 0) is 10.2 Å². The number of hydrogen-bond donors (Lipinski definition) is 2. The highest BCUT2D eigenvalue weighted by atomic mass is 35.5. The number of rotatable bonds is 5. The number of nitrogens with one attached hydrogen (secondary N) is 2. The van der Waals surface area contributed by atoms with Crippen LogP contribution in [0, 0.1) is 0 Å². The van der Waals surface area contributed by atoms with Crippen molar-refractivity contribution in [2.75, 3.05) is 43.1 Å². The van der Waals surface area contributed by atoms with E-state index in [2.05, 4.69) is 37.6 Å². The number of anilines is 2. The molecule has 0 aliphatic carbocycles. The second-order valence-corrected chi connectivity index (χ2v) is 9.71. The summed E-state index contributed by atoms with van der Waals surface area (Å²) in [7, 11) is 0. The lowest BCUT2D eigenvalue weighted by Gasteiger charge is -2.38. The van der Waals surface area contributed by atoms with Crippen molar-refractivity contribution in [3.05, 3.63) is 46.1 Å². The number of hydrogen-bond acceptors (Lipinski definition) is 5. The summed E-state index contributed by atoms with van der Waals surface area (Å²) in [4.78, 5) is 11.3. The van der Waals surface area contributed by atoms with Crippen LogP contribution in [0.25, 0.3) is 0 Å². The summed E-state index contributed by atoms with van der Waals surface area (Å²) >= 11 is 18.0. The Labute approximate surface area is 205 Å². The lowest BCUT2D eigenvalue weighted by Crippen LogP contribution is -2.45. The van der Waals surface area contributed by atoms with Crippen LogP contribution in [0.3, 0.4) is 0 Å². The monoisotopic (exact) mass is 493 g/mol. The molecule has 0 saturated carbocycles. The van der Waals surface area contributed by atoms with Crippen molar-refractivity contribution in [1.82, 2.24) is 15.3 Å². The molecule has 2 aliphatic heterocycles. The maximum atomic E-state index is 6.30. The van der Waals surface area contributed by atoms with Crippen molar-refractivity contribution < 1.29 is 4.74 Å². The Morgan fingerprint density at radius 1 is 1.03 bits per heavy atom. The van der Waals surface area contributed by atoms with Crippen molar-refractivity contribution in [1.29, 1.82) is 0 Å². The number of nitrogens with zero attached hydrogens (tertiary/aromatic N) is 3. The molecule has 2 saturated heterocycles. The van der Waals surface area contributed by atoms with E-state index in [1.165, 1.54) is 31.2 Å². The van der Waals surface area contributed by atoms with Crippen molar-refractivity contribution in [3.63, 3.8) is 0 Å². The van der Waals surface area contributed by atoms with Crippen LogP contribution in [0.4, 0.5) is 11.8 Å². The summed E-state index contributed by atoms with van der Waals surface area (Å²) in [5.41, 5.74) is 1.17. The molecule has 2 N–H and O–H groups in total. The van der Waals surface area contributed by atoms with Gasteiger partial charge in [-0.1, -0.05) is 48.2 Å². The molecule has 2 fully saturated rings. The van der Waals surface area contributed by atoms with E-state index in [-0.39, 0.29) is 5.41 Å². The van der Waals surface area contributed by atoms with Crippen molar-refractivity contribution in [2.45, 2.75) is 43.9 Å². The fourth-order valence-electron chi connectivity index (χ4n) is 4.45. The first kappa shape index (κ1) is 23.5. The predicted molar refractivity (Wildman–Crippen MR) is 135 cm³/mol. The smallest absolute Gasteiger partial charge is 0.232 e. The van der Waals surface area contributed by atoms with Gasteiger partial charge in [0.15, 0.2) is 5.11 Å². The number of benzene rings is 1. The van der Waals surface area contributed by atoms with Gasteiger partial charge >= 0.3 is 0 Å². The Balaban J connectivity index is 1.43. The van der Waals surface area contributed by atoms with E-state index in [1.807, 2.05) is 18.2 Å². The molecule has 32 heavy (non-hydrogen) atoms. The maximum Gasteiger partial charge on any atom is 0.232 e. The van der Waals surface area contributed by atoms with Crippen molar-refractivity contribution in [3.8, 4) is 0 Å². The minimum Gasteiger partial charge on any atom is -0.381 e. The van der Waals surface area contributed by atoms with Gasteiger partial charge in [-0.2, -0.15) is 4.98 Å². The van der Waals surface area contributed by atoms with E-state index in [4.69, 9.17) is 40.2 Å². The second kappa shape index (κ2) is 11.0. The van der Waals surface area contributed by atoms with Crippen LogP contribution in [0.5, 0.6) is 0 Å². The summed E-state index contributed by atoms with van der Waals surface area (Å²) in [5, 5.41) is 8.13. The molecule has 3 heterocycles.